The highest BCUT2D eigenvalue weighted by atomic mass is 16.5. The van der Waals surface area contributed by atoms with Crippen LogP contribution in [0.4, 0.5) is 0 Å². The summed E-state index contributed by atoms with van der Waals surface area (Å²) in [7, 11) is 1.63. The third-order valence-corrected chi connectivity index (χ3v) is 1.88. The lowest BCUT2D eigenvalue weighted by molar-refractivity contribution is -0.0113. The Morgan fingerprint density at radius 3 is 2.25 bits per heavy atom. The molecule has 5 nitrogen and oxygen atoms in total. The molecule has 1 atom stereocenters. The van der Waals surface area contributed by atoms with Gasteiger partial charge in [-0.05, 0) is 20.3 Å². The highest BCUT2D eigenvalue weighted by Crippen LogP contribution is 2.07. The van der Waals surface area contributed by atoms with Crippen LogP contribution in [-0.2, 0) is 14.2 Å². The summed E-state index contributed by atoms with van der Waals surface area (Å²) in [4.78, 5) is 0. The maximum absolute atomic E-state index is 9.56. The van der Waals surface area contributed by atoms with E-state index in [1.54, 1.807) is 7.11 Å². The average molecular weight is 235 g/mol. The first-order chi connectivity index (χ1) is 7.45. The first-order valence-corrected chi connectivity index (χ1v) is 5.57. The van der Waals surface area contributed by atoms with Gasteiger partial charge in [-0.25, -0.2) is 0 Å². The van der Waals surface area contributed by atoms with Crippen LogP contribution in [0.3, 0.4) is 0 Å². The summed E-state index contributed by atoms with van der Waals surface area (Å²) in [6.45, 7) is 6.21. The molecule has 0 rings (SSSR count). The van der Waals surface area contributed by atoms with Gasteiger partial charge < -0.3 is 25.1 Å². The second kappa shape index (κ2) is 8.90. The van der Waals surface area contributed by atoms with Crippen molar-refractivity contribution < 1.29 is 19.3 Å². The molecule has 5 heteroatoms. The van der Waals surface area contributed by atoms with Crippen molar-refractivity contribution in [2.45, 2.75) is 31.9 Å². The molecule has 98 valence electrons. The van der Waals surface area contributed by atoms with Crippen LogP contribution >= 0.6 is 0 Å². The Morgan fingerprint density at radius 1 is 1.12 bits per heavy atom. The van der Waals surface area contributed by atoms with E-state index < -0.39 is 6.10 Å². The van der Waals surface area contributed by atoms with Gasteiger partial charge in [0.2, 0.25) is 0 Å². The zero-order valence-electron chi connectivity index (χ0n) is 10.6. The highest BCUT2D eigenvalue weighted by Gasteiger charge is 2.16. The minimum atomic E-state index is -0.515. The van der Waals surface area contributed by atoms with Gasteiger partial charge in [0, 0.05) is 12.6 Å². The van der Waals surface area contributed by atoms with Crippen molar-refractivity contribution in [3.63, 3.8) is 0 Å². The van der Waals surface area contributed by atoms with Gasteiger partial charge in [0.25, 0.3) is 0 Å². The Morgan fingerprint density at radius 2 is 1.69 bits per heavy atom. The fraction of sp³-hybridized carbons (Fsp3) is 1.00. The molecule has 0 saturated carbocycles. The maximum Gasteiger partial charge on any atom is 0.0790 e. The SMILES string of the molecule is COCCOCCOCC(O)CC(C)(C)N. The molecule has 0 saturated heterocycles. The molecule has 0 heterocycles. The molecule has 0 amide bonds. The Bertz CT molecular complexity index is 159. The Balaban J connectivity index is 3.25. The molecule has 0 fully saturated rings. The third kappa shape index (κ3) is 11.9. The standard InChI is InChI=1S/C11H25NO4/c1-11(2,12)8-10(13)9-16-7-6-15-5-4-14-3/h10,13H,4-9,12H2,1-3H3. The van der Waals surface area contributed by atoms with E-state index in [0.29, 0.717) is 39.5 Å². The number of methoxy groups -OCH3 is 1. The van der Waals surface area contributed by atoms with E-state index in [9.17, 15) is 5.11 Å². The number of nitrogens with two attached hydrogens (primary N) is 1. The number of aliphatic hydroxyl groups excluding tert-OH is 1. The van der Waals surface area contributed by atoms with Crippen LogP contribution in [-0.4, -0.2) is 56.9 Å². The number of hydrogen-bond donors (Lipinski definition) is 2. The van der Waals surface area contributed by atoms with Gasteiger partial charge in [-0.2, -0.15) is 0 Å². The van der Waals surface area contributed by atoms with E-state index in [1.165, 1.54) is 0 Å². The van der Waals surface area contributed by atoms with Crippen molar-refractivity contribution in [3.05, 3.63) is 0 Å². The summed E-state index contributed by atoms with van der Waals surface area (Å²) in [5.74, 6) is 0. The Kier molecular flexibility index (Phi) is 8.78. The van der Waals surface area contributed by atoms with Crippen molar-refractivity contribution >= 4 is 0 Å². The first kappa shape index (κ1) is 15.8. The zero-order valence-corrected chi connectivity index (χ0v) is 10.6. The number of hydrogen-bond acceptors (Lipinski definition) is 5. The number of aliphatic hydroxyl groups is 1. The van der Waals surface area contributed by atoms with Crippen molar-refractivity contribution in [2.75, 3.05) is 40.1 Å². The first-order valence-electron chi connectivity index (χ1n) is 5.57. The van der Waals surface area contributed by atoms with Gasteiger partial charge in [0.15, 0.2) is 0 Å². The fourth-order valence-corrected chi connectivity index (χ4v) is 1.25. The summed E-state index contributed by atoms with van der Waals surface area (Å²) >= 11 is 0. The van der Waals surface area contributed by atoms with Gasteiger partial charge in [-0.1, -0.05) is 0 Å². The van der Waals surface area contributed by atoms with Crippen LogP contribution in [0.5, 0.6) is 0 Å². The molecular formula is C11H25NO4. The molecule has 0 aliphatic heterocycles. The molecule has 0 aromatic carbocycles. The molecule has 16 heavy (non-hydrogen) atoms. The quantitative estimate of drug-likeness (QED) is 0.527. The van der Waals surface area contributed by atoms with Gasteiger partial charge in [-0.3, -0.25) is 0 Å². The smallest absolute Gasteiger partial charge is 0.0790 e. The van der Waals surface area contributed by atoms with E-state index in [2.05, 4.69) is 0 Å². The molecule has 0 spiro atoms. The van der Waals surface area contributed by atoms with Gasteiger partial charge >= 0.3 is 0 Å². The minimum absolute atomic E-state index is 0.300. The summed E-state index contributed by atoms with van der Waals surface area (Å²) < 4.78 is 15.3. The molecule has 0 radical (unpaired) electrons. The van der Waals surface area contributed by atoms with E-state index in [0.717, 1.165) is 0 Å². The second-order valence-electron chi connectivity index (χ2n) is 4.53. The fourth-order valence-electron chi connectivity index (χ4n) is 1.25. The summed E-state index contributed by atoms with van der Waals surface area (Å²) in [6, 6.07) is 0. The molecule has 3 N–H and O–H groups in total. The molecule has 0 aliphatic carbocycles. The van der Waals surface area contributed by atoms with Crippen LogP contribution in [0.15, 0.2) is 0 Å². The molecule has 0 aromatic heterocycles. The average Bonchev–Trinajstić information content (AvgIpc) is 2.13. The van der Waals surface area contributed by atoms with Crippen molar-refractivity contribution in [2.24, 2.45) is 5.73 Å². The van der Waals surface area contributed by atoms with Crippen LogP contribution in [0, 0.1) is 0 Å². The van der Waals surface area contributed by atoms with Crippen LogP contribution < -0.4 is 5.73 Å². The molecule has 0 bridgehead atoms. The number of ether oxygens (including phenoxy) is 3. The third-order valence-electron chi connectivity index (χ3n) is 1.88. The van der Waals surface area contributed by atoms with Crippen LogP contribution in [0.25, 0.3) is 0 Å². The Labute approximate surface area is 97.9 Å². The van der Waals surface area contributed by atoms with E-state index in [-0.39, 0.29) is 5.54 Å². The molecule has 0 aromatic rings. The zero-order chi connectivity index (χ0) is 12.4. The Hall–Kier alpha value is -0.200. The van der Waals surface area contributed by atoms with Crippen molar-refractivity contribution in [1.82, 2.24) is 0 Å². The summed E-state index contributed by atoms with van der Waals surface area (Å²) in [5.41, 5.74) is 5.40. The minimum Gasteiger partial charge on any atom is -0.391 e. The van der Waals surface area contributed by atoms with Gasteiger partial charge in [0.05, 0.1) is 39.1 Å². The predicted molar refractivity (Wildman–Crippen MR) is 62.4 cm³/mol. The van der Waals surface area contributed by atoms with Gasteiger partial charge in [0.1, 0.15) is 0 Å². The van der Waals surface area contributed by atoms with E-state index in [1.807, 2.05) is 13.8 Å². The van der Waals surface area contributed by atoms with Crippen LogP contribution in [0.1, 0.15) is 20.3 Å². The number of rotatable bonds is 10. The van der Waals surface area contributed by atoms with Crippen molar-refractivity contribution in [1.29, 1.82) is 0 Å². The highest BCUT2D eigenvalue weighted by molar-refractivity contribution is 4.75. The molecular weight excluding hydrogens is 210 g/mol. The molecule has 0 aliphatic rings. The normalized spacial score (nSPS) is 14.1. The molecule has 1 unspecified atom stereocenters. The maximum atomic E-state index is 9.56. The lowest BCUT2D eigenvalue weighted by Crippen LogP contribution is -2.37. The van der Waals surface area contributed by atoms with Crippen molar-refractivity contribution in [3.8, 4) is 0 Å². The summed E-state index contributed by atoms with van der Waals surface area (Å²) in [6.07, 6.45) is 0.0105. The topological polar surface area (TPSA) is 73.9 Å². The van der Waals surface area contributed by atoms with E-state index in [4.69, 9.17) is 19.9 Å². The van der Waals surface area contributed by atoms with Gasteiger partial charge in [-0.15, -0.1) is 0 Å². The predicted octanol–water partition coefficient (Wildman–Crippen LogP) is 0.154. The lowest BCUT2D eigenvalue weighted by atomic mass is 9.99. The summed E-state index contributed by atoms with van der Waals surface area (Å²) in [5, 5.41) is 9.56. The second-order valence-corrected chi connectivity index (χ2v) is 4.53. The monoisotopic (exact) mass is 235 g/mol. The van der Waals surface area contributed by atoms with E-state index >= 15 is 0 Å². The lowest BCUT2D eigenvalue weighted by Gasteiger charge is -2.22. The van der Waals surface area contributed by atoms with Crippen LogP contribution in [0.2, 0.25) is 0 Å². The largest absolute Gasteiger partial charge is 0.391 e.